The Bertz CT molecular complexity index is 161. The molecule has 12 heavy (non-hydrogen) atoms. The summed E-state index contributed by atoms with van der Waals surface area (Å²) in [6, 6.07) is 0. The SMILES string of the molecule is [B]/C=C/CCC(=NC)C(C)CC. The van der Waals surface area contributed by atoms with Gasteiger partial charge in [0, 0.05) is 12.8 Å². The largest absolute Gasteiger partial charge is 0.297 e. The first-order valence-corrected chi connectivity index (χ1v) is 4.58. The van der Waals surface area contributed by atoms with Gasteiger partial charge in [0.25, 0.3) is 0 Å². The first-order chi connectivity index (χ1) is 5.76. The van der Waals surface area contributed by atoms with Crippen LogP contribution in [0, 0.1) is 5.92 Å². The van der Waals surface area contributed by atoms with Crippen LogP contribution in [-0.2, 0) is 0 Å². The Balaban J connectivity index is 3.84. The summed E-state index contributed by atoms with van der Waals surface area (Å²) in [5.41, 5.74) is 1.30. The van der Waals surface area contributed by atoms with E-state index in [4.69, 9.17) is 7.85 Å². The highest BCUT2D eigenvalue weighted by Gasteiger charge is 2.05. The molecule has 66 valence electrons. The van der Waals surface area contributed by atoms with Crippen LogP contribution in [-0.4, -0.2) is 20.6 Å². The maximum atomic E-state index is 5.24. The van der Waals surface area contributed by atoms with Gasteiger partial charge in [0.1, 0.15) is 7.85 Å². The number of rotatable bonds is 5. The van der Waals surface area contributed by atoms with Crippen LogP contribution >= 0.6 is 0 Å². The standard InChI is InChI=1S/C10H18BN/c1-4-9(2)10(12-3)7-5-6-8-11/h6,8-9H,4-5,7H2,1-3H3/b8-6+,12-10?. The van der Waals surface area contributed by atoms with Gasteiger partial charge in [-0.25, -0.2) is 0 Å². The van der Waals surface area contributed by atoms with Gasteiger partial charge in [0.2, 0.25) is 0 Å². The van der Waals surface area contributed by atoms with Crippen molar-refractivity contribution in [2.45, 2.75) is 33.1 Å². The van der Waals surface area contributed by atoms with Gasteiger partial charge in [-0.2, -0.15) is 0 Å². The highest BCUT2D eigenvalue weighted by molar-refractivity contribution is 6.16. The summed E-state index contributed by atoms with van der Waals surface area (Å²) in [7, 11) is 7.11. The van der Waals surface area contributed by atoms with E-state index in [1.54, 1.807) is 5.98 Å². The molecule has 0 bridgehead atoms. The third-order valence-electron chi connectivity index (χ3n) is 2.17. The van der Waals surface area contributed by atoms with Crippen LogP contribution in [0.5, 0.6) is 0 Å². The lowest BCUT2D eigenvalue weighted by Crippen LogP contribution is -2.09. The minimum atomic E-state index is 0.612. The maximum Gasteiger partial charge on any atom is 0.102 e. The van der Waals surface area contributed by atoms with Crippen LogP contribution in [0.2, 0.25) is 0 Å². The fourth-order valence-electron chi connectivity index (χ4n) is 1.14. The summed E-state index contributed by atoms with van der Waals surface area (Å²) in [4.78, 5) is 4.27. The van der Waals surface area contributed by atoms with Gasteiger partial charge in [-0.15, -0.1) is 5.98 Å². The molecular formula is C10H18BN. The molecule has 0 aliphatic rings. The second-order valence-electron chi connectivity index (χ2n) is 2.99. The fourth-order valence-corrected chi connectivity index (χ4v) is 1.14. The topological polar surface area (TPSA) is 12.4 Å². The van der Waals surface area contributed by atoms with Gasteiger partial charge in [0.15, 0.2) is 0 Å². The Labute approximate surface area is 77.4 Å². The van der Waals surface area contributed by atoms with E-state index < -0.39 is 0 Å². The molecule has 0 aromatic heterocycles. The Hall–Kier alpha value is -0.525. The van der Waals surface area contributed by atoms with Crippen molar-refractivity contribution in [2.75, 3.05) is 7.05 Å². The molecule has 0 saturated carbocycles. The summed E-state index contributed by atoms with van der Waals surface area (Å²) < 4.78 is 0. The molecule has 2 radical (unpaired) electrons. The first kappa shape index (κ1) is 11.5. The van der Waals surface area contributed by atoms with Crippen molar-refractivity contribution in [1.29, 1.82) is 0 Å². The average molecular weight is 163 g/mol. The molecule has 1 unspecified atom stereocenters. The van der Waals surface area contributed by atoms with Crippen molar-refractivity contribution in [3.05, 3.63) is 12.1 Å². The number of aliphatic imine (C=N–C) groups is 1. The summed E-state index contributed by atoms with van der Waals surface area (Å²) >= 11 is 0. The third kappa shape index (κ3) is 4.37. The molecule has 0 aliphatic heterocycles. The number of hydrogen-bond donors (Lipinski definition) is 0. The Morgan fingerprint density at radius 3 is 2.67 bits per heavy atom. The highest BCUT2D eigenvalue weighted by atomic mass is 14.7. The number of hydrogen-bond acceptors (Lipinski definition) is 1. The van der Waals surface area contributed by atoms with Gasteiger partial charge in [0.05, 0.1) is 0 Å². The zero-order valence-corrected chi connectivity index (χ0v) is 8.38. The molecular weight excluding hydrogens is 145 g/mol. The first-order valence-electron chi connectivity index (χ1n) is 4.58. The second kappa shape index (κ2) is 7.14. The molecule has 0 fully saturated rings. The van der Waals surface area contributed by atoms with Crippen LogP contribution in [0.4, 0.5) is 0 Å². The third-order valence-corrected chi connectivity index (χ3v) is 2.17. The van der Waals surface area contributed by atoms with Crippen LogP contribution in [0.1, 0.15) is 33.1 Å². The van der Waals surface area contributed by atoms with E-state index in [0.29, 0.717) is 5.92 Å². The van der Waals surface area contributed by atoms with Gasteiger partial charge in [-0.1, -0.05) is 19.9 Å². The number of allylic oxidation sites excluding steroid dienone is 1. The normalized spacial score (nSPS) is 15.4. The maximum absolute atomic E-state index is 5.24. The smallest absolute Gasteiger partial charge is 0.102 e. The zero-order chi connectivity index (χ0) is 9.40. The van der Waals surface area contributed by atoms with Gasteiger partial charge in [-0.3, -0.25) is 4.99 Å². The second-order valence-corrected chi connectivity index (χ2v) is 2.99. The van der Waals surface area contributed by atoms with E-state index in [-0.39, 0.29) is 0 Å². The molecule has 0 aromatic rings. The molecule has 0 rings (SSSR count). The van der Waals surface area contributed by atoms with Crippen LogP contribution in [0.3, 0.4) is 0 Å². The monoisotopic (exact) mass is 163 g/mol. The molecule has 0 heterocycles. The molecule has 0 amide bonds. The molecule has 1 atom stereocenters. The Morgan fingerprint density at radius 2 is 2.25 bits per heavy atom. The van der Waals surface area contributed by atoms with Crippen molar-refractivity contribution in [1.82, 2.24) is 0 Å². The van der Waals surface area contributed by atoms with Gasteiger partial charge in [-0.05, 0) is 25.2 Å². The quantitative estimate of drug-likeness (QED) is 0.436. The zero-order valence-electron chi connectivity index (χ0n) is 8.38. The minimum Gasteiger partial charge on any atom is -0.297 e. The molecule has 0 N–H and O–H groups in total. The van der Waals surface area contributed by atoms with Gasteiger partial charge < -0.3 is 0 Å². The van der Waals surface area contributed by atoms with Crippen molar-refractivity contribution in [3.8, 4) is 0 Å². The summed E-state index contributed by atoms with van der Waals surface area (Å²) in [5.74, 6) is 2.21. The summed E-state index contributed by atoms with van der Waals surface area (Å²) in [6.45, 7) is 4.41. The molecule has 0 saturated heterocycles. The average Bonchev–Trinajstić information content (AvgIpc) is 2.11. The minimum absolute atomic E-state index is 0.612. The lowest BCUT2D eigenvalue weighted by Gasteiger charge is -2.10. The van der Waals surface area contributed by atoms with Crippen molar-refractivity contribution >= 4 is 13.6 Å². The lowest BCUT2D eigenvalue weighted by atomic mass is 9.98. The molecule has 2 heteroatoms. The Kier molecular flexibility index (Phi) is 6.83. The predicted octanol–water partition coefficient (Wildman–Crippen LogP) is 2.57. The van der Waals surface area contributed by atoms with Crippen molar-refractivity contribution in [2.24, 2.45) is 10.9 Å². The molecule has 0 aromatic carbocycles. The van der Waals surface area contributed by atoms with Crippen LogP contribution in [0.25, 0.3) is 0 Å². The summed E-state index contributed by atoms with van der Waals surface area (Å²) in [6.07, 6.45) is 5.19. The highest BCUT2D eigenvalue weighted by Crippen LogP contribution is 2.09. The predicted molar refractivity (Wildman–Crippen MR) is 56.9 cm³/mol. The van der Waals surface area contributed by atoms with E-state index in [1.165, 1.54) is 12.1 Å². The fraction of sp³-hybridized carbons (Fsp3) is 0.700. The van der Waals surface area contributed by atoms with E-state index in [2.05, 4.69) is 18.8 Å². The molecule has 0 spiro atoms. The van der Waals surface area contributed by atoms with Crippen molar-refractivity contribution in [3.63, 3.8) is 0 Å². The van der Waals surface area contributed by atoms with Crippen LogP contribution < -0.4 is 0 Å². The molecule has 0 aliphatic carbocycles. The summed E-state index contributed by atoms with van der Waals surface area (Å²) in [5, 5.41) is 0. The number of nitrogens with zero attached hydrogens (tertiary/aromatic N) is 1. The van der Waals surface area contributed by atoms with E-state index in [1.807, 2.05) is 13.1 Å². The van der Waals surface area contributed by atoms with Gasteiger partial charge >= 0.3 is 0 Å². The molecule has 1 nitrogen and oxygen atoms in total. The van der Waals surface area contributed by atoms with E-state index >= 15 is 0 Å². The Morgan fingerprint density at radius 1 is 1.58 bits per heavy atom. The van der Waals surface area contributed by atoms with E-state index in [9.17, 15) is 0 Å². The lowest BCUT2D eigenvalue weighted by molar-refractivity contribution is 0.718. The van der Waals surface area contributed by atoms with Crippen molar-refractivity contribution < 1.29 is 0 Å². The van der Waals surface area contributed by atoms with E-state index in [0.717, 1.165) is 12.8 Å². The van der Waals surface area contributed by atoms with Crippen LogP contribution in [0.15, 0.2) is 17.0 Å².